The van der Waals surface area contributed by atoms with E-state index in [4.69, 9.17) is 4.74 Å². The molecule has 2 amide bonds. The molecule has 0 bridgehead atoms. The highest BCUT2D eigenvalue weighted by Gasteiger charge is 2.43. The van der Waals surface area contributed by atoms with Gasteiger partial charge in [-0.1, -0.05) is 19.1 Å². The first-order valence-electron chi connectivity index (χ1n) is 9.61. The molecule has 0 saturated heterocycles. The summed E-state index contributed by atoms with van der Waals surface area (Å²) in [5.41, 5.74) is 0.546. The molecule has 0 radical (unpaired) electrons. The third-order valence-electron chi connectivity index (χ3n) is 4.76. The van der Waals surface area contributed by atoms with E-state index < -0.39 is 59.5 Å². The van der Waals surface area contributed by atoms with Crippen molar-refractivity contribution in [2.24, 2.45) is 11.8 Å². The molecule has 0 heterocycles. The van der Waals surface area contributed by atoms with Crippen LogP contribution in [-0.4, -0.2) is 63.1 Å². The second kappa shape index (κ2) is 12.4. The smallest absolute Gasteiger partial charge is 0.328 e. The van der Waals surface area contributed by atoms with Crippen LogP contribution < -0.4 is 10.6 Å². The predicted octanol–water partition coefficient (Wildman–Crippen LogP) is 0.129. The fraction of sp³-hybridized carbons (Fsp3) is 0.476. The van der Waals surface area contributed by atoms with E-state index in [0.717, 1.165) is 21.3 Å². The summed E-state index contributed by atoms with van der Waals surface area (Å²) < 4.78 is 27.1. The van der Waals surface area contributed by atoms with E-state index in [-0.39, 0.29) is 6.42 Å². The summed E-state index contributed by atoms with van der Waals surface area (Å²) in [5.74, 6) is -7.25. The van der Waals surface area contributed by atoms with Crippen LogP contribution in [0.1, 0.15) is 19.4 Å². The number of amides is 2. The van der Waals surface area contributed by atoms with Crippen molar-refractivity contribution in [1.82, 2.24) is 10.6 Å². The van der Waals surface area contributed by atoms with E-state index in [9.17, 15) is 28.4 Å². The quantitative estimate of drug-likeness (QED) is 0.289. The molecule has 0 unspecified atom stereocenters. The lowest BCUT2D eigenvalue weighted by molar-refractivity contribution is -0.163. The van der Waals surface area contributed by atoms with Gasteiger partial charge in [-0.2, -0.15) is 0 Å². The zero-order chi connectivity index (χ0) is 24.4. The Kier molecular flexibility index (Phi) is 10.3. The van der Waals surface area contributed by atoms with E-state index in [2.05, 4.69) is 20.1 Å². The summed E-state index contributed by atoms with van der Waals surface area (Å²) >= 11 is 0. The van der Waals surface area contributed by atoms with Crippen molar-refractivity contribution < 1.29 is 42.6 Å². The number of methoxy groups -OCH3 is 3. The Hall–Kier alpha value is -3.50. The Labute approximate surface area is 184 Å². The molecule has 0 aliphatic heterocycles. The molecule has 0 aliphatic rings. The molecule has 176 valence electrons. The Morgan fingerprint density at radius 3 is 1.81 bits per heavy atom. The first-order valence-corrected chi connectivity index (χ1v) is 9.61. The Morgan fingerprint density at radius 1 is 0.875 bits per heavy atom. The third-order valence-corrected chi connectivity index (χ3v) is 4.76. The number of nitrogens with one attached hydrogen (secondary N) is 2. The highest BCUT2D eigenvalue weighted by molar-refractivity contribution is 5.97. The average Bonchev–Trinajstić information content (AvgIpc) is 2.76. The van der Waals surface area contributed by atoms with Crippen LogP contribution in [-0.2, 0) is 44.6 Å². The Morgan fingerprint density at radius 2 is 1.38 bits per heavy atom. The lowest BCUT2D eigenvalue weighted by Crippen LogP contribution is -2.56. The molecule has 2 N–H and O–H groups in total. The molecule has 10 nitrogen and oxygen atoms in total. The number of benzene rings is 1. The summed E-state index contributed by atoms with van der Waals surface area (Å²) in [6, 6.07) is 2.72. The van der Waals surface area contributed by atoms with E-state index in [1.54, 1.807) is 0 Å². The normalized spacial score (nSPS) is 13.3. The van der Waals surface area contributed by atoms with Gasteiger partial charge in [0, 0.05) is 19.3 Å². The van der Waals surface area contributed by atoms with Crippen LogP contribution in [0.4, 0.5) is 4.39 Å². The van der Waals surface area contributed by atoms with Crippen LogP contribution >= 0.6 is 0 Å². The van der Waals surface area contributed by atoms with Crippen LogP contribution in [0.25, 0.3) is 0 Å². The van der Waals surface area contributed by atoms with Crippen molar-refractivity contribution in [3.05, 3.63) is 35.6 Å². The van der Waals surface area contributed by atoms with Crippen LogP contribution in [0.5, 0.6) is 0 Å². The number of halogens is 1. The van der Waals surface area contributed by atoms with Crippen LogP contribution in [0, 0.1) is 17.7 Å². The van der Waals surface area contributed by atoms with Gasteiger partial charge in [0.15, 0.2) is 5.92 Å². The van der Waals surface area contributed by atoms with Crippen molar-refractivity contribution in [3.8, 4) is 0 Å². The van der Waals surface area contributed by atoms with Gasteiger partial charge in [-0.05, 0) is 17.7 Å². The van der Waals surface area contributed by atoms with Gasteiger partial charge in [-0.25, -0.2) is 9.18 Å². The SMILES string of the molecule is COC(=O)C(C(=O)OC)[C@H](C)[C@H](NC(=O)[C@@H](Cc1ccc(F)cc1)NC(C)=O)C(=O)OC. The molecule has 11 heteroatoms. The predicted molar refractivity (Wildman–Crippen MR) is 108 cm³/mol. The van der Waals surface area contributed by atoms with Crippen LogP contribution in [0.2, 0.25) is 0 Å². The minimum absolute atomic E-state index is 0.00853. The molecule has 32 heavy (non-hydrogen) atoms. The van der Waals surface area contributed by atoms with E-state index in [1.165, 1.54) is 38.1 Å². The Bertz CT molecular complexity index is 827. The summed E-state index contributed by atoms with van der Waals surface area (Å²) in [4.78, 5) is 61.2. The molecule has 1 aromatic rings. The topological polar surface area (TPSA) is 137 Å². The molecule has 3 atom stereocenters. The number of ether oxygens (including phenoxy) is 3. The maximum atomic E-state index is 13.2. The number of carbonyl (C=O) groups is 5. The lowest BCUT2D eigenvalue weighted by Gasteiger charge is -2.28. The van der Waals surface area contributed by atoms with Gasteiger partial charge in [0.1, 0.15) is 17.9 Å². The van der Waals surface area contributed by atoms with Gasteiger partial charge in [-0.15, -0.1) is 0 Å². The molecule has 0 aliphatic carbocycles. The lowest BCUT2D eigenvalue weighted by atomic mass is 9.87. The monoisotopic (exact) mass is 454 g/mol. The standard InChI is InChI=1S/C21H27FN2O8/c1-11(16(19(27)30-3)20(28)31-4)17(21(29)32-5)24-18(26)15(23-12(2)25)10-13-6-8-14(22)9-7-13/h6-9,11,15-17H,10H2,1-5H3,(H,23,25)(H,24,26)/t11-,15+,17-/m0/s1. The van der Waals surface area contributed by atoms with E-state index in [1.807, 2.05) is 0 Å². The van der Waals surface area contributed by atoms with Gasteiger partial charge in [0.2, 0.25) is 11.8 Å². The van der Waals surface area contributed by atoms with Crippen molar-refractivity contribution in [2.45, 2.75) is 32.4 Å². The molecule has 1 aromatic carbocycles. The first-order chi connectivity index (χ1) is 15.0. The molecule has 0 fully saturated rings. The largest absolute Gasteiger partial charge is 0.468 e. The van der Waals surface area contributed by atoms with Crippen molar-refractivity contribution >= 4 is 29.7 Å². The zero-order valence-corrected chi connectivity index (χ0v) is 18.5. The van der Waals surface area contributed by atoms with Gasteiger partial charge < -0.3 is 24.8 Å². The van der Waals surface area contributed by atoms with Crippen molar-refractivity contribution in [2.75, 3.05) is 21.3 Å². The van der Waals surface area contributed by atoms with E-state index in [0.29, 0.717) is 5.56 Å². The molecular weight excluding hydrogens is 427 g/mol. The molecule has 0 saturated carbocycles. The van der Waals surface area contributed by atoms with Crippen LogP contribution in [0.3, 0.4) is 0 Å². The summed E-state index contributed by atoms with van der Waals surface area (Å²) in [6.07, 6.45) is -0.00853. The average molecular weight is 454 g/mol. The molecular formula is C21H27FN2O8. The molecule has 0 aromatic heterocycles. The second-order valence-corrected chi connectivity index (χ2v) is 6.98. The van der Waals surface area contributed by atoms with Gasteiger partial charge >= 0.3 is 17.9 Å². The van der Waals surface area contributed by atoms with E-state index >= 15 is 0 Å². The minimum atomic E-state index is -1.52. The zero-order valence-electron chi connectivity index (χ0n) is 18.5. The number of esters is 3. The van der Waals surface area contributed by atoms with Crippen molar-refractivity contribution in [1.29, 1.82) is 0 Å². The number of carbonyl (C=O) groups excluding carboxylic acids is 5. The summed E-state index contributed by atoms with van der Waals surface area (Å²) in [7, 11) is 3.20. The first kappa shape index (κ1) is 26.5. The number of rotatable bonds is 10. The maximum Gasteiger partial charge on any atom is 0.328 e. The summed E-state index contributed by atoms with van der Waals surface area (Å²) in [6.45, 7) is 2.57. The fourth-order valence-corrected chi connectivity index (χ4v) is 3.07. The number of hydrogen-bond donors (Lipinski definition) is 2. The van der Waals surface area contributed by atoms with Gasteiger partial charge in [0.05, 0.1) is 21.3 Å². The van der Waals surface area contributed by atoms with Gasteiger partial charge in [-0.3, -0.25) is 19.2 Å². The highest BCUT2D eigenvalue weighted by Crippen LogP contribution is 2.21. The second-order valence-electron chi connectivity index (χ2n) is 6.98. The number of hydrogen-bond acceptors (Lipinski definition) is 8. The highest BCUT2D eigenvalue weighted by atomic mass is 19.1. The Balaban J connectivity index is 3.19. The van der Waals surface area contributed by atoms with Gasteiger partial charge in [0.25, 0.3) is 0 Å². The summed E-state index contributed by atoms with van der Waals surface area (Å²) in [5, 5.41) is 4.89. The molecule has 0 spiro atoms. The van der Waals surface area contributed by atoms with Crippen molar-refractivity contribution in [3.63, 3.8) is 0 Å². The third kappa shape index (κ3) is 7.33. The van der Waals surface area contributed by atoms with Crippen LogP contribution in [0.15, 0.2) is 24.3 Å². The molecule has 1 rings (SSSR count). The maximum absolute atomic E-state index is 13.2. The fourth-order valence-electron chi connectivity index (χ4n) is 3.07. The minimum Gasteiger partial charge on any atom is -0.468 e.